The first-order valence-corrected chi connectivity index (χ1v) is 8.02. The summed E-state index contributed by atoms with van der Waals surface area (Å²) in [6, 6.07) is 3.21. The summed E-state index contributed by atoms with van der Waals surface area (Å²) in [6.07, 6.45) is 0.293. The number of nitrogens with one attached hydrogen (secondary N) is 2. The molecule has 3 aromatic rings. The van der Waals surface area contributed by atoms with Crippen LogP contribution in [0, 0.1) is 20.8 Å². The van der Waals surface area contributed by atoms with E-state index >= 15 is 0 Å². The summed E-state index contributed by atoms with van der Waals surface area (Å²) in [7, 11) is 0. The number of aromatic amines is 1. The van der Waals surface area contributed by atoms with Gasteiger partial charge in [-0.2, -0.15) is 0 Å². The van der Waals surface area contributed by atoms with Gasteiger partial charge in [-0.3, -0.25) is 14.7 Å². The van der Waals surface area contributed by atoms with E-state index in [1.54, 1.807) is 6.07 Å². The summed E-state index contributed by atoms with van der Waals surface area (Å²) in [5.41, 5.74) is 2.64. The van der Waals surface area contributed by atoms with Gasteiger partial charge in [-0.1, -0.05) is 0 Å². The molecule has 0 aliphatic rings. The summed E-state index contributed by atoms with van der Waals surface area (Å²) < 4.78 is 1.38. The zero-order chi connectivity index (χ0) is 16.6. The van der Waals surface area contributed by atoms with Crippen LogP contribution in [0.2, 0.25) is 0 Å². The first-order chi connectivity index (χ1) is 10.9. The molecular weight excluding hydrogens is 314 g/mol. The van der Waals surface area contributed by atoms with Crippen LogP contribution in [0.3, 0.4) is 0 Å². The van der Waals surface area contributed by atoms with E-state index in [9.17, 15) is 9.59 Å². The van der Waals surface area contributed by atoms with E-state index < -0.39 is 0 Å². The third-order valence-electron chi connectivity index (χ3n) is 3.42. The van der Waals surface area contributed by atoms with Crippen molar-refractivity contribution in [1.82, 2.24) is 24.9 Å². The van der Waals surface area contributed by atoms with Crippen molar-refractivity contribution in [3.05, 3.63) is 49.5 Å². The number of amides is 1. The average Bonchev–Trinajstić information content (AvgIpc) is 2.99. The first kappa shape index (κ1) is 15.4. The number of aryl methyl sites for hydroxylation is 3. The minimum Gasteiger partial charge on any atom is -0.350 e. The van der Waals surface area contributed by atoms with Crippen molar-refractivity contribution in [3.63, 3.8) is 0 Å². The lowest BCUT2D eigenvalue weighted by Gasteiger charge is -2.04. The Kier molecular flexibility index (Phi) is 3.99. The molecule has 0 atom stereocenters. The fraction of sp³-hybridized carbons (Fsp3) is 0.333. The van der Waals surface area contributed by atoms with Crippen LogP contribution in [0.1, 0.15) is 27.0 Å². The first-order valence-electron chi connectivity index (χ1n) is 7.20. The van der Waals surface area contributed by atoms with Crippen molar-refractivity contribution in [2.24, 2.45) is 0 Å². The minimum atomic E-state index is -0.193. The van der Waals surface area contributed by atoms with Crippen molar-refractivity contribution < 1.29 is 4.79 Å². The zero-order valence-electron chi connectivity index (χ0n) is 13.1. The zero-order valence-corrected chi connectivity index (χ0v) is 14.0. The maximum Gasteiger partial charge on any atom is 0.272 e. The number of carbonyl (C=O) groups excluding carboxylic acids is 1. The number of fused-ring (bicyclic) bond motifs is 1. The van der Waals surface area contributed by atoms with Crippen molar-refractivity contribution in [2.45, 2.75) is 33.7 Å². The second kappa shape index (κ2) is 5.96. The SMILES string of the molecule is Cc1cc2nc(CNC(=O)Cc3sc(C)nc3C)cc(=O)n2[nH]1. The second-order valence-electron chi connectivity index (χ2n) is 5.41. The quantitative estimate of drug-likeness (QED) is 0.753. The lowest BCUT2D eigenvalue weighted by atomic mass is 10.3. The maximum atomic E-state index is 12.1. The maximum absolute atomic E-state index is 12.1. The van der Waals surface area contributed by atoms with E-state index in [1.807, 2.05) is 20.8 Å². The highest BCUT2D eigenvalue weighted by molar-refractivity contribution is 7.11. The molecule has 0 bridgehead atoms. The highest BCUT2D eigenvalue weighted by Crippen LogP contribution is 2.17. The van der Waals surface area contributed by atoms with Crippen molar-refractivity contribution in [1.29, 1.82) is 0 Å². The molecule has 23 heavy (non-hydrogen) atoms. The van der Waals surface area contributed by atoms with E-state index in [0.29, 0.717) is 17.8 Å². The molecule has 1 amide bonds. The third-order valence-corrected chi connectivity index (χ3v) is 4.49. The third kappa shape index (κ3) is 3.31. The Hall–Kier alpha value is -2.48. The summed E-state index contributed by atoms with van der Waals surface area (Å²) in [5, 5.41) is 6.66. The Bertz CT molecular complexity index is 937. The molecule has 0 spiro atoms. The highest BCUT2D eigenvalue weighted by Gasteiger charge is 2.11. The number of carbonyl (C=O) groups is 1. The molecule has 0 fully saturated rings. The molecule has 0 radical (unpaired) electrons. The van der Waals surface area contributed by atoms with Gasteiger partial charge in [-0.25, -0.2) is 14.5 Å². The fourth-order valence-electron chi connectivity index (χ4n) is 2.39. The van der Waals surface area contributed by atoms with Crippen LogP contribution >= 0.6 is 11.3 Å². The van der Waals surface area contributed by atoms with E-state index in [1.165, 1.54) is 21.9 Å². The second-order valence-corrected chi connectivity index (χ2v) is 6.70. The predicted octanol–water partition coefficient (Wildman–Crippen LogP) is 1.26. The molecule has 0 aliphatic heterocycles. The van der Waals surface area contributed by atoms with Crippen molar-refractivity contribution >= 4 is 22.9 Å². The molecule has 0 saturated heterocycles. The van der Waals surface area contributed by atoms with Gasteiger partial charge < -0.3 is 5.32 Å². The van der Waals surface area contributed by atoms with Crippen LogP contribution in [-0.4, -0.2) is 25.5 Å². The van der Waals surface area contributed by atoms with Gasteiger partial charge in [0, 0.05) is 22.7 Å². The average molecular weight is 331 g/mol. The standard InChI is InChI=1S/C15H17N5O2S/c1-8-4-13-18-11(5-15(22)20(13)19-8)7-16-14(21)6-12-9(2)17-10(3)23-12/h4-5,19H,6-7H2,1-3H3,(H,16,21). The highest BCUT2D eigenvalue weighted by atomic mass is 32.1. The van der Waals surface area contributed by atoms with E-state index in [-0.39, 0.29) is 18.0 Å². The monoisotopic (exact) mass is 331 g/mol. The van der Waals surface area contributed by atoms with Crippen LogP contribution in [0.4, 0.5) is 0 Å². The van der Waals surface area contributed by atoms with Gasteiger partial charge in [-0.05, 0) is 20.8 Å². The van der Waals surface area contributed by atoms with Gasteiger partial charge in [0.25, 0.3) is 5.56 Å². The van der Waals surface area contributed by atoms with Crippen LogP contribution in [-0.2, 0) is 17.8 Å². The fourth-order valence-corrected chi connectivity index (χ4v) is 3.32. The Morgan fingerprint density at radius 3 is 2.78 bits per heavy atom. The van der Waals surface area contributed by atoms with Gasteiger partial charge in [0.1, 0.15) is 0 Å². The number of hydrogen-bond donors (Lipinski definition) is 2. The minimum absolute atomic E-state index is 0.107. The van der Waals surface area contributed by atoms with Crippen molar-refractivity contribution in [2.75, 3.05) is 0 Å². The molecule has 2 N–H and O–H groups in total. The number of thiazole rings is 1. The molecule has 0 aliphatic carbocycles. The van der Waals surface area contributed by atoms with E-state index in [2.05, 4.69) is 20.4 Å². The lowest BCUT2D eigenvalue weighted by molar-refractivity contribution is -0.120. The lowest BCUT2D eigenvalue weighted by Crippen LogP contribution is -2.26. The Labute approximate surface area is 136 Å². The van der Waals surface area contributed by atoms with Crippen LogP contribution in [0.5, 0.6) is 0 Å². The normalized spacial score (nSPS) is 11.1. The van der Waals surface area contributed by atoms with E-state index in [4.69, 9.17) is 0 Å². The summed E-state index contributed by atoms with van der Waals surface area (Å²) in [5.74, 6) is -0.107. The molecule has 8 heteroatoms. The topological polar surface area (TPSA) is 92.2 Å². The number of rotatable bonds is 4. The Morgan fingerprint density at radius 1 is 1.30 bits per heavy atom. The summed E-state index contributed by atoms with van der Waals surface area (Å²) >= 11 is 1.53. The summed E-state index contributed by atoms with van der Waals surface area (Å²) in [6.45, 7) is 5.90. The molecule has 0 unspecified atom stereocenters. The molecule has 120 valence electrons. The van der Waals surface area contributed by atoms with Crippen LogP contribution in [0.25, 0.3) is 5.65 Å². The number of hydrogen-bond acceptors (Lipinski definition) is 5. The molecule has 3 heterocycles. The van der Waals surface area contributed by atoms with Gasteiger partial charge in [-0.15, -0.1) is 11.3 Å². The molecular formula is C15H17N5O2S. The van der Waals surface area contributed by atoms with Gasteiger partial charge in [0.15, 0.2) is 5.65 Å². The number of H-pyrrole nitrogens is 1. The van der Waals surface area contributed by atoms with Gasteiger partial charge in [0.2, 0.25) is 5.91 Å². The van der Waals surface area contributed by atoms with Gasteiger partial charge in [0.05, 0.1) is 29.4 Å². The van der Waals surface area contributed by atoms with Crippen LogP contribution < -0.4 is 10.9 Å². The molecule has 3 aromatic heterocycles. The summed E-state index contributed by atoms with van der Waals surface area (Å²) in [4.78, 5) is 33.7. The van der Waals surface area contributed by atoms with Gasteiger partial charge >= 0.3 is 0 Å². The number of aromatic nitrogens is 4. The predicted molar refractivity (Wildman–Crippen MR) is 87.7 cm³/mol. The molecule has 3 rings (SSSR count). The van der Waals surface area contributed by atoms with Crippen molar-refractivity contribution in [3.8, 4) is 0 Å². The smallest absolute Gasteiger partial charge is 0.272 e. The Morgan fingerprint density at radius 2 is 2.09 bits per heavy atom. The van der Waals surface area contributed by atoms with E-state index in [0.717, 1.165) is 21.3 Å². The number of nitrogens with zero attached hydrogens (tertiary/aromatic N) is 3. The molecule has 0 saturated carbocycles. The molecule has 7 nitrogen and oxygen atoms in total. The largest absolute Gasteiger partial charge is 0.350 e. The molecule has 0 aromatic carbocycles. The Balaban J connectivity index is 1.69. The van der Waals surface area contributed by atoms with Crippen LogP contribution in [0.15, 0.2) is 16.9 Å².